The molecule has 0 bridgehead atoms. The fourth-order valence-corrected chi connectivity index (χ4v) is 3.02. The number of fused-ring (bicyclic) bond motifs is 3. The summed E-state index contributed by atoms with van der Waals surface area (Å²) in [5, 5.41) is 11.1. The number of benzene rings is 2. The summed E-state index contributed by atoms with van der Waals surface area (Å²) >= 11 is 0. The van der Waals surface area contributed by atoms with E-state index in [1.807, 2.05) is 25.1 Å². The van der Waals surface area contributed by atoms with Gasteiger partial charge in [-0.3, -0.25) is 9.36 Å². The van der Waals surface area contributed by atoms with Crippen molar-refractivity contribution in [3.63, 3.8) is 0 Å². The maximum absolute atomic E-state index is 12.7. The molecule has 1 N–H and O–H groups in total. The molecule has 1 atom stereocenters. The lowest BCUT2D eigenvalue weighted by molar-refractivity contribution is 0.0914. The Bertz CT molecular complexity index is 1150. The van der Waals surface area contributed by atoms with Gasteiger partial charge in [0.2, 0.25) is 5.58 Å². The van der Waals surface area contributed by atoms with E-state index in [9.17, 15) is 9.90 Å². The van der Waals surface area contributed by atoms with E-state index in [1.165, 1.54) is 10.9 Å². The molecule has 1 unspecified atom stereocenters. The van der Waals surface area contributed by atoms with Gasteiger partial charge in [0.15, 0.2) is 0 Å². The van der Waals surface area contributed by atoms with Crippen LogP contribution in [0.5, 0.6) is 11.5 Å². The van der Waals surface area contributed by atoms with Gasteiger partial charge < -0.3 is 19.0 Å². The van der Waals surface area contributed by atoms with Crippen molar-refractivity contribution < 1.29 is 19.0 Å². The molecule has 0 saturated heterocycles. The molecule has 2 aromatic heterocycles. The van der Waals surface area contributed by atoms with Crippen molar-refractivity contribution >= 4 is 22.1 Å². The highest BCUT2D eigenvalue weighted by Crippen LogP contribution is 2.24. The molecule has 0 fully saturated rings. The van der Waals surface area contributed by atoms with Crippen molar-refractivity contribution in [2.75, 3.05) is 13.2 Å². The summed E-state index contributed by atoms with van der Waals surface area (Å²) in [5.74, 6) is 1.37. The molecule has 2 aromatic carbocycles. The van der Waals surface area contributed by atoms with Crippen LogP contribution in [0.2, 0.25) is 0 Å². The zero-order valence-corrected chi connectivity index (χ0v) is 15.4. The normalized spacial score (nSPS) is 12.4. The summed E-state index contributed by atoms with van der Waals surface area (Å²) in [6.07, 6.45) is 0.542. The van der Waals surface area contributed by atoms with E-state index in [2.05, 4.69) is 4.98 Å². The van der Waals surface area contributed by atoms with Gasteiger partial charge in [-0.2, -0.15) is 0 Å². The number of ether oxygens (including phenoxy) is 2. The van der Waals surface area contributed by atoms with E-state index in [0.717, 1.165) is 11.1 Å². The van der Waals surface area contributed by atoms with E-state index in [1.54, 1.807) is 30.3 Å². The second-order valence-electron chi connectivity index (χ2n) is 6.35. The van der Waals surface area contributed by atoms with Gasteiger partial charge >= 0.3 is 0 Å². The van der Waals surface area contributed by atoms with Crippen LogP contribution in [0.3, 0.4) is 0 Å². The molecule has 144 valence electrons. The Labute approximate surface area is 160 Å². The average Bonchev–Trinajstić information content (AvgIpc) is 3.09. The van der Waals surface area contributed by atoms with Crippen LogP contribution in [-0.2, 0) is 6.54 Å². The van der Waals surface area contributed by atoms with Gasteiger partial charge in [0, 0.05) is 5.39 Å². The minimum atomic E-state index is -0.882. The molecule has 0 aliphatic rings. The number of aliphatic hydroxyl groups is 1. The molecule has 4 aromatic rings. The van der Waals surface area contributed by atoms with Crippen LogP contribution in [0.4, 0.5) is 0 Å². The highest BCUT2D eigenvalue weighted by molar-refractivity contribution is 6.01. The standard InChI is InChI=1S/C21H20N2O5/c1-2-26-15-7-9-16(10-8-15)27-12-14(24)11-23-13-22-19-17-5-3-4-6-18(17)28-20(19)21(23)25/h3-10,13-14,24H,2,11-12H2,1H3. The fourth-order valence-electron chi connectivity index (χ4n) is 3.02. The van der Waals surface area contributed by atoms with Gasteiger partial charge in [-0.25, -0.2) is 4.98 Å². The summed E-state index contributed by atoms with van der Waals surface area (Å²) in [4.78, 5) is 17.0. The summed E-state index contributed by atoms with van der Waals surface area (Å²) in [7, 11) is 0. The van der Waals surface area contributed by atoms with Crippen molar-refractivity contribution in [1.29, 1.82) is 0 Å². The molecule has 0 radical (unpaired) electrons. The largest absolute Gasteiger partial charge is 0.494 e. The molecule has 0 amide bonds. The zero-order chi connectivity index (χ0) is 19.5. The van der Waals surface area contributed by atoms with Gasteiger partial charge in [-0.05, 0) is 43.3 Å². The van der Waals surface area contributed by atoms with Crippen LogP contribution in [0, 0.1) is 0 Å². The lowest BCUT2D eigenvalue weighted by Crippen LogP contribution is -2.30. The van der Waals surface area contributed by atoms with E-state index >= 15 is 0 Å². The number of rotatable bonds is 7. The SMILES string of the molecule is CCOc1ccc(OCC(O)Cn2cnc3c(oc4ccccc43)c2=O)cc1. The topological polar surface area (TPSA) is 86.7 Å². The van der Waals surface area contributed by atoms with Crippen LogP contribution >= 0.6 is 0 Å². The van der Waals surface area contributed by atoms with Gasteiger partial charge in [0.25, 0.3) is 5.56 Å². The Morgan fingerprint density at radius 2 is 1.82 bits per heavy atom. The minimum Gasteiger partial charge on any atom is -0.494 e. The second kappa shape index (κ2) is 7.74. The third kappa shape index (κ3) is 3.57. The van der Waals surface area contributed by atoms with Crippen molar-refractivity contribution in [1.82, 2.24) is 9.55 Å². The number of aliphatic hydroxyl groups excluding tert-OH is 1. The smallest absolute Gasteiger partial charge is 0.297 e. The first-order chi connectivity index (χ1) is 13.7. The molecule has 28 heavy (non-hydrogen) atoms. The fraction of sp³-hybridized carbons (Fsp3) is 0.238. The lowest BCUT2D eigenvalue weighted by atomic mass is 10.2. The van der Waals surface area contributed by atoms with Crippen molar-refractivity contribution in [3.05, 3.63) is 65.2 Å². The summed E-state index contributed by atoms with van der Waals surface area (Å²) in [6.45, 7) is 2.60. The highest BCUT2D eigenvalue weighted by atomic mass is 16.5. The first kappa shape index (κ1) is 18.1. The molecule has 2 heterocycles. The molecule has 0 aliphatic heterocycles. The Kier molecular flexibility index (Phi) is 4.99. The van der Waals surface area contributed by atoms with E-state index in [-0.39, 0.29) is 24.3 Å². The van der Waals surface area contributed by atoms with Crippen LogP contribution in [0.25, 0.3) is 22.1 Å². The van der Waals surface area contributed by atoms with Crippen LogP contribution in [-0.4, -0.2) is 34.0 Å². The van der Waals surface area contributed by atoms with Gasteiger partial charge in [0.1, 0.15) is 35.3 Å². The Morgan fingerprint density at radius 1 is 1.11 bits per heavy atom. The van der Waals surface area contributed by atoms with Crippen molar-refractivity contribution in [2.24, 2.45) is 0 Å². The summed E-state index contributed by atoms with van der Waals surface area (Å²) < 4.78 is 17.9. The van der Waals surface area contributed by atoms with Gasteiger partial charge in [-0.15, -0.1) is 0 Å². The Hall–Kier alpha value is -3.32. The number of nitrogens with zero attached hydrogens (tertiary/aromatic N) is 2. The number of aromatic nitrogens is 2. The van der Waals surface area contributed by atoms with Crippen LogP contribution in [0.1, 0.15) is 6.92 Å². The summed E-state index contributed by atoms with van der Waals surface area (Å²) in [5.41, 5.74) is 0.987. The Balaban J connectivity index is 1.46. The molecule has 0 aliphatic carbocycles. The quantitative estimate of drug-likeness (QED) is 0.530. The molecule has 0 saturated carbocycles. The number of hydrogen-bond acceptors (Lipinski definition) is 6. The first-order valence-electron chi connectivity index (χ1n) is 9.06. The number of para-hydroxylation sites is 1. The number of furan rings is 1. The molecular formula is C21H20N2O5. The Morgan fingerprint density at radius 3 is 2.57 bits per heavy atom. The monoisotopic (exact) mass is 380 g/mol. The predicted molar refractivity (Wildman–Crippen MR) is 105 cm³/mol. The third-order valence-corrected chi connectivity index (χ3v) is 4.34. The minimum absolute atomic E-state index is 0.0403. The lowest BCUT2D eigenvalue weighted by Gasteiger charge is -2.14. The van der Waals surface area contributed by atoms with Crippen molar-refractivity contribution in [2.45, 2.75) is 19.6 Å². The second-order valence-corrected chi connectivity index (χ2v) is 6.35. The molecule has 7 nitrogen and oxygen atoms in total. The maximum atomic E-state index is 12.7. The predicted octanol–water partition coefficient (Wildman–Crippen LogP) is 2.98. The van der Waals surface area contributed by atoms with Crippen molar-refractivity contribution in [3.8, 4) is 11.5 Å². The first-order valence-corrected chi connectivity index (χ1v) is 9.06. The molecule has 4 rings (SSSR count). The molecule has 7 heteroatoms. The highest BCUT2D eigenvalue weighted by Gasteiger charge is 2.15. The van der Waals surface area contributed by atoms with E-state index in [0.29, 0.717) is 23.5 Å². The van der Waals surface area contributed by atoms with Gasteiger partial charge in [0.05, 0.1) is 19.5 Å². The number of hydrogen-bond donors (Lipinski definition) is 1. The maximum Gasteiger partial charge on any atom is 0.297 e. The summed E-state index contributed by atoms with van der Waals surface area (Å²) in [6, 6.07) is 14.5. The van der Waals surface area contributed by atoms with Gasteiger partial charge in [-0.1, -0.05) is 12.1 Å². The van der Waals surface area contributed by atoms with Crippen LogP contribution in [0.15, 0.2) is 64.1 Å². The molecule has 0 spiro atoms. The van der Waals surface area contributed by atoms with Crippen LogP contribution < -0.4 is 15.0 Å². The van der Waals surface area contributed by atoms with E-state index < -0.39 is 6.10 Å². The molecular weight excluding hydrogens is 360 g/mol. The van der Waals surface area contributed by atoms with E-state index in [4.69, 9.17) is 13.9 Å². The third-order valence-electron chi connectivity index (χ3n) is 4.34. The average molecular weight is 380 g/mol. The zero-order valence-electron chi connectivity index (χ0n) is 15.4.